The summed E-state index contributed by atoms with van der Waals surface area (Å²) in [6.07, 6.45) is 2.71. The molecule has 2 aromatic carbocycles. The van der Waals surface area contributed by atoms with E-state index in [1.807, 2.05) is 0 Å². The normalized spacial score (nSPS) is 11.9. The highest BCUT2D eigenvalue weighted by Gasteiger charge is 2.15. The number of esters is 1. The van der Waals surface area contributed by atoms with E-state index in [0.717, 1.165) is 0 Å². The Hall–Kier alpha value is -3.01. The highest BCUT2D eigenvalue weighted by atomic mass is 35.5. The van der Waals surface area contributed by atoms with E-state index < -0.39 is 16.8 Å². The van der Waals surface area contributed by atoms with E-state index in [-0.39, 0.29) is 22.1 Å². The van der Waals surface area contributed by atoms with Gasteiger partial charge in [0, 0.05) is 18.2 Å². The van der Waals surface area contributed by atoms with Crippen molar-refractivity contribution in [1.82, 2.24) is 4.57 Å². The Balaban J connectivity index is 1.98. The lowest BCUT2D eigenvalue weighted by Crippen LogP contribution is -2.22. The number of rotatable bonds is 5. The largest absolute Gasteiger partial charge is 0.468 e. The lowest BCUT2D eigenvalue weighted by molar-refractivity contribution is -0.384. The quantitative estimate of drug-likeness (QED) is 0.242. The summed E-state index contributed by atoms with van der Waals surface area (Å²) in [5.74, 6) is -1.12. The average molecular weight is 466 g/mol. The number of hydrogen-bond acceptors (Lipinski definition) is 6. The Bertz CT molecular complexity index is 1250. The van der Waals surface area contributed by atoms with E-state index in [2.05, 4.69) is 4.99 Å². The molecule has 0 saturated carbocycles. The molecule has 1 amide bonds. The highest BCUT2D eigenvalue weighted by molar-refractivity contribution is 7.16. The minimum absolute atomic E-state index is 0.0483. The van der Waals surface area contributed by atoms with Crippen LogP contribution in [0.25, 0.3) is 16.3 Å². The maximum absolute atomic E-state index is 12.4. The summed E-state index contributed by atoms with van der Waals surface area (Å²) in [6.45, 7) is -0.200. The molecule has 11 heteroatoms. The van der Waals surface area contributed by atoms with Crippen LogP contribution in [-0.4, -0.2) is 28.5 Å². The van der Waals surface area contributed by atoms with Crippen molar-refractivity contribution in [3.8, 4) is 0 Å². The number of hydrogen-bond donors (Lipinski definition) is 0. The molecule has 0 aliphatic rings. The Morgan fingerprint density at radius 3 is 2.57 bits per heavy atom. The molecular formula is C19H13Cl2N3O5S. The van der Waals surface area contributed by atoms with Crippen LogP contribution in [0, 0.1) is 10.1 Å². The molecule has 8 nitrogen and oxygen atoms in total. The lowest BCUT2D eigenvalue weighted by atomic mass is 10.2. The van der Waals surface area contributed by atoms with Gasteiger partial charge in [0.1, 0.15) is 6.54 Å². The van der Waals surface area contributed by atoms with Gasteiger partial charge >= 0.3 is 5.97 Å². The first kappa shape index (κ1) is 21.7. The molecule has 3 aromatic rings. The van der Waals surface area contributed by atoms with E-state index in [9.17, 15) is 19.7 Å². The predicted molar refractivity (Wildman–Crippen MR) is 115 cm³/mol. The Morgan fingerprint density at radius 2 is 1.93 bits per heavy atom. The molecular weight excluding hydrogens is 453 g/mol. The van der Waals surface area contributed by atoms with Crippen LogP contribution >= 0.6 is 34.5 Å². The highest BCUT2D eigenvalue weighted by Crippen LogP contribution is 2.32. The maximum atomic E-state index is 12.4. The van der Waals surface area contributed by atoms with Gasteiger partial charge in [-0.25, -0.2) is 0 Å². The number of carbonyl (C=O) groups is 2. The zero-order valence-corrected chi connectivity index (χ0v) is 17.7. The van der Waals surface area contributed by atoms with E-state index in [1.54, 1.807) is 12.1 Å². The van der Waals surface area contributed by atoms with Crippen molar-refractivity contribution in [3.05, 3.63) is 73.0 Å². The summed E-state index contributed by atoms with van der Waals surface area (Å²) >= 11 is 13.6. The van der Waals surface area contributed by atoms with Crippen molar-refractivity contribution in [2.45, 2.75) is 6.54 Å². The minimum Gasteiger partial charge on any atom is -0.468 e. The van der Waals surface area contributed by atoms with Gasteiger partial charge in [0.2, 0.25) is 0 Å². The molecule has 0 spiro atoms. The molecule has 0 saturated heterocycles. The van der Waals surface area contributed by atoms with Gasteiger partial charge in [-0.05, 0) is 35.9 Å². The zero-order chi connectivity index (χ0) is 21.8. The molecule has 0 radical (unpaired) electrons. The topological polar surface area (TPSA) is 104 Å². The molecule has 1 aromatic heterocycles. The van der Waals surface area contributed by atoms with Gasteiger partial charge in [0.05, 0.1) is 32.3 Å². The van der Waals surface area contributed by atoms with Crippen LogP contribution in [0.4, 0.5) is 5.69 Å². The summed E-state index contributed by atoms with van der Waals surface area (Å²) in [5.41, 5.74) is 1.02. The van der Waals surface area contributed by atoms with E-state index >= 15 is 0 Å². The number of benzene rings is 2. The van der Waals surface area contributed by atoms with Crippen LogP contribution in [0.5, 0.6) is 0 Å². The third kappa shape index (κ3) is 4.76. The number of methoxy groups -OCH3 is 1. The van der Waals surface area contributed by atoms with Gasteiger partial charge in [0.25, 0.3) is 11.6 Å². The minimum atomic E-state index is -0.583. The standard InChI is InChI=1S/C19H13Cl2N3O5S/c1-29-16(26)10-23-18-14(8-7-13(20)17(18)21)30-19(23)22-15(25)9-4-11-2-5-12(6-3-11)24(27)28/h2-9H,10H2,1H3/b9-4-,22-19?. The first-order valence-corrected chi connectivity index (χ1v) is 9.92. The van der Waals surface area contributed by atoms with Gasteiger partial charge in [-0.15, -0.1) is 0 Å². The average Bonchev–Trinajstić information content (AvgIpc) is 3.06. The number of aromatic nitrogens is 1. The van der Waals surface area contributed by atoms with E-state index in [0.29, 0.717) is 20.8 Å². The van der Waals surface area contributed by atoms with Crippen LogP contribution in [0.2, 0.25) is 10.0 Å². The maximum Gasteiger partial charge on any atom is 0.325 e. The van der Waals surface area contributed by atoms with Gasteiger partial charge in [-0.3, -0.25) is 19.7 Å². The van der Waals surface area contributed by atoms with Crippen LogP contribution in [0.15, 0.2) is 47.5 Å². The van der Waals surface area contributed by atoms with Crippen molar-refractivity contribution in [3.63, 3.8) is 0 Å². The first-order chi connectivity index (χ1) is 14.3. The van der Waals surface area contributed by atoms with Gasteiger partial charge in [-0.2, -0.15) is 4.99 Å². The summed E-state index contributed by atoms with van der Waals surface area (Å²) in [7, 11) is 1.25. The fourth-order valence-corrected chi connectivity index (χ4v) is 4.05. The number of non-ortho nitro benzene ring substituents is 1. The van der Waals surface area contributed by atoms with Crippen molar-refractivity contribution in [1.29, 1.82) is 0 Å². The summed E-state index contributed by atoms with van der Waals surface area (Å²) < 4.78 is 6.88. The number of nitro groups is 1. The lowest BCUT2D eigenvalue weighted by Gasteiger charge is -2.05. The van der Waals surface area contributed by atoms with Crippen LogP contribution in [0.1, 0.15) is 5.56 Å². The summed E-state index contributed by atoms with van der Waals surface area (Å²) in [5, 5.41) is 11.2. The zero-order valence-electron chi connectivity index (χ0n) is 15.4. The second kappa shape index (κ2) is 9.21. The molecule has 0 aliphatic heterocycles. The number of carbonyl (C=O) groups excluding carboxylic acids is 2. The van der Waals surface area contributed by atoms with Crippen molar-refractivity contribution < 1.29 is 19.2 Å². The Morgan fingerprint density at radius 1 is 1.23 bits per heavy atom. The third-order valence-corrected chi connectivity index (χ3v) is 5.81. The van der Waals surface area contributed by atoms with Gasteiger partial charge in [0.15, 0.2) is 4.80 Å². The molecule has 0 bridgehead atoms. The summed E-state index contributed by atoms with van der Waals surface area (Å²) in [6, 6.07) is 9.04. The number of nitrogens with zero attached hydrogens (tertiary/aromatic N) is 3. The SMILES string of the molecule is COC(=O)Cn1c(=NC(=O)/C=C\c2ccc([N+](=O)[O-])cc2)sc2ccc(Cl)c(Cl)c21. The van der Waals surface area contributed by atoms with E-state index in [1.165, 1.54) is 59.4 Å². The molecule has 0 aliphatic carbocycles. The molecule has 0 fully saturated rings. The molecule has 0 atom stereocenters. The smallest absolute Gasteiger partial charge is 0.325 e. The first-order valence-electron chi connectivity index (χ1n) is 8.35. The van der Waals surface area contributed by atoms with Crippen LogP contribution in [-0.2, 0) is 20.9 Å². The second-order valence-electron chi connectivity index (χ2n) is 5.89. The second-order valence-corrected chi connectivity index (χ2v) is 7.68. The van der Waals surface area contributed by atoms with Gasteiger partial charge < -0.3 is 9.30 Å². The number of halogens is 2. The molecule has 0 unspecified atom stereocenters. The number of nitro benzene ring substituents is 1. The molecule has 3 rings (SSSR count). The monoisotopic (exact) mass is 465 g/mol. The predicted octanol–water partition coefficient (Wildman–Crippen LogP) is 4.23. The molecule has 30 heavy (non-hydrogen) atoms. The number of amides is 1. The summed E-state index contributed by atoms with van der Waals surface area (Å²) in [4.78, 5) is 38.7. The number of thiazole rings is 1. The van der Waals surface area contributed by atoms with Crippen LogP contribution in [0.3, 0.4) is 0 Å². The number of fused-ring (bicyclic) bond motifs is 1. The number of ether oxygens (including phenoxy) is 1. The van der Waals surface area contributed by atoms with Crippen molar-refractivity contribution >= 4 is 68.4 Å². The third-order valence-electron chi connectivity index (χ3n) is 3.98. The van der Waals surface area contributed by atoms with Crippen molar-refractivity contribution in [2.24, 2.45) is 4.99 Å². The van der Waals surface area contributed by atoms with Crippen molar-refractivity contribution in [2.75, 3.05) is 7.11 Å². The fourth-order valence-electron chi connectivity index (χ4n) is 2.53. The molecule has 0 N–H and O–H groups in total. The van der Waals surface area contributed by atoms with E-state index in [4.69, 9.17) is 27.9 Å². The van der Waals surface area contributed by atoms with Gasteiger partial charge in [-0.1, -0.05) is 34.5 Å². The molecule has 1 heterocycles. The Labute approximate surface area is 183 Å². The van der Waals surface area contributed by atoms with Crippen LogP contribution < -0.4 is 4.80 Å². The molecule has 154 valence electrons. The Kier molecular flexibility index (Phi) is 6.66. The fraction of sp³-hybridized carbons (Fsp3) is 0.105.